The maximum Gasteiger partial charge on any atom is 0.413 e. The number of amides is 1. The van der Waals surface area contributed by atoms with Crippen molar-refractivity contribution in [2.45, 2.75) is 13.2 Å². The number of nitrogens with one attached hydrogen (secondary N) is 2. The van der Waals surface area contributed by atoms with Crippen molar-refractivity contribution in [2.75, 3.05) is 5.32 Å². The average Bonchev–Trinajstić information content (AvgIpc) is 2.54. The maximum atomic E-state index is 11.6. The molecule has 2 rings (SSSR count). The molecule has 0 spiro atoms. The highest BCUT2D eigenvalue weighted by molar-refractivity contribution is 7.80. The Balaban J connectivity index is 1.77. The van der Waals surface area contributed by atoms with Crippen molar-refractivity contribution in [1.82, 2.24) is 5.32 Å². The van der Waals surface area contributed by atoms with Crippen LogP contribution < -0.4 is 16.4 Å². The van der Waals surface area contributed by atoms with Crippen molar-refractivity contribution in [3.63, 3.8) is 0 Å². The van der Waals surface area contributed by atoms with Gasteiger partial charge in [-0.1, -0.05) is 42.5 Å². The van der Waals surface area contributed by atoms with Crippen molar-refractivity contribution in [1.29, 1.82) is 0 Å². The Morgan fingerprint density at radius 2 is 1.73 bits per heavy atom. The number of carbonyl (C=O) groups excluding carboxylic acids is 1. The molecule has 0 unspecified atom stereocenters. The molecule has 1 amide bonds. The van der Waals surface area contributed by atoms with E-state index in [2.05, 4.69) is 10.6 Å². The fraction of sp³-hybridized carbons (Fsp3) is 0.125. The zero-order valence-corrected chi connectivity index (χ0v) is 12.7. The Kier molecular flexibility index (Phi) is 5.88. The second-order valence-corrected chi connectivity index (χ2v) is 4.95. The van der Waals surface area contributed by atoms with Gasteiger partial charge in [-0.3, -0.25) is 5.32 Å². The largest absolute Gasteiger partial charge is 0.444 e. The number of nitrogens with two attached hydrogens (primary N) is 1. The Labute approximate surface area is 134 Å². The molecule has 0 heterocycles. The van der Waals surface area contributed by atoms with Crippen molar-refractivity contribution in [3.05, 3.63) is 65.7 Å². The molecule has 5 nitrogen and oxygen atoms in total. The summed E-state index contributed by atoms with van der Waals surface area (Å²) in [4.78, 5) is 11.6. The first-order valence-electron chi connectivity index (χ1n) is 6.75. The molecule has 0 bridgehead atoms. The van der Waals surface area contributed by atoms with Gasteiger partial charge in [0.05, 0.1) is 0 Å². The topological polar surface area (TPSA) is 76.4 Å². The van der Waals surface area contributed by atoms with Gasteiger partial charge in [-0.25, -0.2) is 4.79 Å². The molecular formula is C16H17N3O2S. The second kappa shape index (κ2) is 8.11. The molecule has 114 valence electrons. The van der Waals surface area contributed by atoms with Crippen LogP contribution in [-0.2, 0) is 17.9 Å². The van der Waals surface area contributed by atoms with Crippen LogP contribution in [0, 0.1) is 0 Å². The number of ether oxygens (including phenoxy) is 1. The normalized spacial score (nSPS) is 9.86. The lowest BCUT2D eigenvalue weighted by Gasteiger charge is -2.10. The minimum Gasteiger partial charge on any atom is -0.444 e. The van der Waals surface area contributed by atoms with Gasteiger partial charge < -0.3 is 15.8 Å². The van der Waals surface area contributed by atoms with E-state index in [0.717, 1.165) is 16.8 Å². The van der Waals surface area contributed by atoms with Crippen molar-refractivity contribution < 1.29 is 9.53 Å². The molecular weight excluding hydrogens is 298 g/mol. The summed E-state index contributed by atoms with van der Waals surface area (Å²) in [5, 5.41) is 5.54. The molecule has 0 aliphatic heterocycles. The molecule has 0 atom stereocenters. The summed E-state index contributed by atoms with van der Waals surface area (Å²) in [6, 6.07) is 16.9. The van der Waals surface area contributed by atoms with E-state index in [0.29, 0.717) is 6.54 Å². The molecule has 2 aromatic rings. The van der Waals surface area contributed by atoms with E-state index < -0.39 is 6.09 Å². The molecule has 2 aromatic carbocycles. The molecule has 22 heavy (non-hydrogen) atoms. The zero-order chi connectivity index (χ0) is 15.8. The van der Waals surface area contributed by atoms with E-state index >= 15 is 0 Å². The van der Waals surface area contributed by atoms with Crippen LogP contribution in [0.25, 0.3) is 0 Å². The van der Waals surface area contributed by atoms with Gasteiger partial charge in [0.2, 0.25) is 0 Å². The predicted octanol–water partition coefficient (Wildman–Crippen LogP) is 2.77. The molecule has 4 N–H and O–H groups in total. The molecule has 0 fully saturated rings. The number of anilines is 1. The summed E-state index contributed by atoms with van der Waals surface area (Å²) < 4.78 is 5.08. The minimum absolute atomic E-state index is 0.179. The Bertz CT molecular complexity index is 630. The maximum absolute atomic E-state index is 11.6. The molecule has 0 aliphatic carbocycles. The lowest BCUT2D eigenvalue weighted by Crippen LogP contribution is -2.34. The van der Waals surface area contributed by atoms with Crippen LogP contribution in [0.15, 0.2) is 54.6 Å². The third-order valence-electron chi connectivity index (χ3n) is 2.88. The van der Waals surface area contributed by atoms with Crippen LogP contribution in [-0.4, -0.2) is 11.2 Å². The third-order valence-corrected chi connectivity index (χ3v) is 3.08. The molecule has 0 saturated heterocycles. The van der Waals surface area contributed by atoms with Gasteiger partial charge in [-0.15, -0.1) is 0 Å². The molecule has 0 saturated carbocycles. The van der Waals surface area contributed by atoms with Gasteiger partial charge in [0.15, 0.2) is 5.11 Å². The van der Waals surface area contributed by atoms with Crippen LogP contribution in [0.2, 0.25) is 0 Å². The zero-order valence-electron chi connectivity index (χ0n) is 11.9. The fourth-order valence-corrected chi connectivity index (χ4v) is 1.94. The average molecular weight is 315 g/mol. The number of rotatable bonds is 4. The van der Waals surface area contributed by atoms with Crippen molar-refractivity contribution in [3.8, 4) is 0 Å². The molecule has 0 aliphatic rings. The van der Waals surface area contributed by atoms with Gasteiger partial charge in [0, 0.05) is 12.2 Å². The molecule has 0 aromatic heterocycles. The quantitative estimate of drug-likeness (QED) is 0.756. The van der Waals surface area contributed by atoms with E-state index in [-0.39, 0.29) is 11.7 Å². The van der Waals surface area contributed by atoms with Gasteiger partial charge >= 0.3 is 6.09 Å². The Morgan fingerprint density at radius 3 is 2.36 bits per heavy atom. The number of alkyl carbamates (subject to hydrolysis) is 1. The van der Waals surface area contributed by atoms with Crippen molar-refractivity contribution in [2.24, 2.45) is 5.73 Å². The number of hydrogen-bond donors (Lipinski definition) is 3. The summed E-state index contributed by atoms with van der Waals surface area (Å²) in [7, 11) is 0. The lowest BCUT2D eigenvalue weighted by atomic mass is 10.2. The summed E-state index contributed by atoms with van der Waals surface area (Å²) in [5.41, 5.74) is 8.23. The lowest BCUT2D eigenvalue weighted by molar-refractivity contribution is 0.145. The van der Waals surface area contributed by atoms with Gasteiger partial charge in [-0.2, -0.15) is 0 Å². The fourth-order valence-electron chi connectivity index (χ4n) is 1.74. The van der Waals surface area contributed by atoms with Gasteiger partial charge in [0.1, 0.15) is 6.61 Å². The first-order valence-corrected chi connectivity index (χ1v) is 7.16. The third kappa shape index (κ3) is 5.16. The van der Waals surface area contributed by atoms with Crippen LogP contribution in [0.4, 0.5) is 10.5 Å². The van der Waals surface area contributed by atoms with E-state index in [4.69, 9.17) is 22.7 Å². The number of benzene rings is 2. The summed E-state index contributed by atoms with van der Waals surface area (Å²) in [5.74, 6) is 0. The Hall–Kier alpha value is -2.44. The molecule has 0 radical (unpaired) electrons. The van der Waals surface area contributed by atoms with Crippen LogP contribution >= 0.6 is 12.2 Å². The number of carbonyl (C=O) groups is 1. The van der Waals surface area contributed by atoms with E-state index in [1.807, 2.05) is 54.6 Å². The summed E-state index contributed by atoms with van der Waals surface area (Å²) >= 11 is 5.06. The Morgan fingerprint density at radius 1 is 1.05 bits per heavy atom. The van der Waals surface area contributed by atoms with E-state index in [1.54, 1.807) is 0 Å². The summed E-state index contributed by atoms with van der Waals surface area (Å²) in [6.07, 6.45) is -0.597. The predicted molar refractivity (Wildman–Crippen MR) is 90.3 cm³/mol. The van der Waals surface area contributed by atoms with Crippen LogP contribution in [0.1, 0.15) is 11.1 Å². The summed E-state index contributed by atoms with van der Waals surface area (Å²) in [6.45, 7) is 0.676. The van der Waals surface area contributed by atoms with E-state index in [1.165, 1.54) is 0 Å². The number of thiocarbonyl (C=S) groups is 1. The SMILES string of the molecule is NCc1ccc(NC(=S)NC(=O)OCc2ccccc2)cc1. The van der Waals surface area contributed by atoms with Gasteiger partial charge in [0.25, 0.3) is 0 Å². The number of hydrogen-bond acceptors (Lipinski definition) is 4. The van der Waals surface area contributed by atoms with E-state index in [9.17, 15) is 4.79 Å². The molecule has 6 heteroatoms. The monoisotopic (exact) mass is 315 g/mol. The smallest absolute Gasteiger partial charge is 0.413 e. The standard InChI is InChI=1S/C16H17N3O2S/c17-10-12-6-8-14(9-7-12)18-15(22)19-16(20)21-11-13-4-2-1-3-5-13/h1-9H,10-11,17H2,(H2,18,19,20,22). The highest BCUT2D eigenvalue weighted by Crippen LogP contribution is 2.09. The first kappa shape index (κ1) is 15.9. The first-order chi connectivity index (χ1) is 10.7. The van der Waals surface area contributed by atoms with Crippen molar-refractivity contribution >= 4 is 29.1 Å². The second-order valence-electron chi connectivity index (χ2n) is 4.54. The highest BCUT2D eigenvalue weighted by Gasteiger charge is 2.06. The van der Waals surface area contributed by atoms with Gasteiger partial charge in [-0.05, 0) is 35.5 Å². The van der Waals surface area contributed by atoms with Crippen LogP contribution in [0.5, 0.6) is 0 Å². The van der Waals surface area contributed by atoms with Crippen LogP contribution in [0.3, 0.4) is 0 Å². The highest BCUT2D eigenvalue weighted by atomic mass is 32.1. The minimum atomic E-state index is -0.597.